The molecule has 0 spiro atoms. The first kappa shape index (κ1) is 11.8. The van der Waals surface area contributed by atoms with E-state index in [0.717, 1.165) is 17.2 Å². The summed E-state index contributed by atoms with van der Waals surface area (Å²) in [5, 5.41) is 3.49. The molecule has 2 rings (SSSR count). The molecule has 1 aliphatic carbocycles. The number of benzene rings is 1. The van der Waals surface area contributed by atoms with Crippen LogP contribution in [0, 0.1) is 0 Å². The monoisotopic (exact) mass is 237 g/mol. The van der Waals surface area contributed by atoms with Crippen LogP contribution in [0.2, 0.25) is 0 Å². The van der Waals surface area contributed by atoms with E-state index in [0.29, 0.717) is 6.04 Å². The third-order valence-corrected chi connectivity index (χ3v) is 4.45. The second kappa shape index (κ2) is 6.16. The Morgan fingerprint density at radius 1 is 1.19 bits per heavy atom. The van der Waals surface area contributed by atoms with E-state index in [4.69, 9.17) is 0 Å². The van der Waals surface area contributed by atoms with E-state index in [1.807, 2.05) is 30.3 Å². The first-order chi connectivity index (χ1) is 7.86. The number of rotatable bonds is 5. The Morgan fingerprint density at radius 3 is 2.56 bits per heavy atom. The lowest BCUT2D eigenvalue weighted by molar-refractivity contribution is 0.543. The van der Waals surface area contributed by atoms with Gasteiger partial charge in [0.05, 0.1) is 10.8 Å². The van der Waals surface area contributed by atoms with Gasteiger partial charge in [-0.25, -0.2) is 0 Å². The highest BCUT2D eigenvalue weighted by Crippen LogP contribution is 2.17. The van der Waals surface area contributed by atoms with Crippen molar-refractivity contribution in [1.29, 1.82) is 0 Å². The average molecular weight is 237 g/mol. The third kappa shape index (κ3) is 3.42. The van der Waals surface area contributed by atoms with Gasteiger partial charge in [-0.2, -0.15) is 0 Å². The van der Waals surface area contributed by atoms with Gasteiger partial charge in [0.2, 0.25) is 0 Å². The topological polar surface area (TPSA) is 29.1 Å². The van der Waals surface area contributed by atoms with Crippen LogP contribution in [0.3, 0.4) is 0 Å². The predicted octanol–water partition coefficient (Wildman–Crippen LogP) is 2.33. The van der Waals surface area contributed by atoms with Gasteiger partial charge in [-0.3, -0.25) is 4.21 Å². The van der Waals surface area contributed by atoms with Gasteiger partial charge >= 0.3 is 0 Å². The lowest BCUT2D eigenvalue weighted by atomic mass is 10.2. The molecule has 1 aromatic rings. The van der Waals surface area contributed by atoms with Crippen molar-refractivity contribution in [2.45, 2.75) is 36.6 Å². The molecular weight excluding hydrogens is 218 g/mol. The predicted molar refractivity (Wildman–Crippen MR) is 68.0 cm³/mol. The average Bonchev–Trinajstić information content (AvgIpc) is 2.83. The molecule has 1 aliphatic rings. The van der Waals surface area contributed by atoms with Gasteiger partial charge in [-0.05, 0) is 25.0 Å². The molecule has 1 N–H and O–H groups in total. The fraction of sp³-hybridized carbons (Fsp3) is 0.538. The van der Waals surface area contributed by atoms with Gasteiger partial charge in [0, 0.05) is 23.2 Å². The van der Waals surface area contributed by atoms with E-state index < -0.39 is 10.8 Å². The van der Waals surface area contributed by atoms with Crippen LogP contribution in [0.5, 0.6) is 0 Å². The van der Waals surface area contributed by atoms with Crippen LogP contribution in [0.25, 0.3) is 0 Å². The van der Waals surface area contributed by atoms with Crippen molar-refractivity contribution in [3.63, 3.8) is 0 Å². The highest BCUT2D eigenvalue weighted by atomic mass is 32.2. The Bertz CT molecular complexity index is 333. The van der Waals surface area contributed by atoms with Crippen LogP contribution in [0.15, 0.2) is 35.2 Å². The molecule has 0 aliphatic heterocycles. The van der Waals surface area contributed by atoms with Gasteiger partial charge in [0.1, 0.15) is 0 Å². The normalized spacial score (nSPS) is 18.8. The molecule has 0 bridgehead atoms. The molecule has 0 radical (unpaired) electrons. The van der Waals surface area contributed by atoms with Crippen LogP contribution in [-0.2, 0) is 10.8 Å². The number of hydrogen-bond acceptors (Lipinski definition) is 2. The first-order valence-electron chi connectivity index (χ1n) is 6.03. The second-order valence-corrected chi connectivity index (χ2v) is 5.87. The number of nitrogens with one attached hydrogen (secondary N) is 1. The van der Waals surface area contributed by atoms with Gasteiger partial charge in [0.15, 0.2) is 0 Å². The molecule has 0 aromatic heterocycles. The molecule has 0 amide bonds. The highest BCUT2D eigenvalue weighted by molar-refractivity contribution is 7.85. The van der Waals surface area contributed by atoms with E-state index in [2.05, 4.69) is 5.32 Å². The molecule has 88 valence electrons. The summed E-state index contributed by atoms with van der Waals surface area (Å²) in [6.45, 7) is 0.867. The Kier molecular flexibility index (Phi) is 4.55. The SMILES string of the molecule is O=S(CCNC1CCCC1)c1ccccc1. The third-order valence-electron chi connectivity index (χ3n) is 3.08. The van der Waals surface area contributed by atoms with E-state index in [1.165, 1.54) is 25.7 Å². The maximum Gasteiger partial charge on any atom is 0.0542 e. The quantitative estimate of drug-likeness (QED) is 0.851. The molecule has 1 fully saturated rings. The van der Waals surface area contributed by atoms with Crippen molar-refractivity contribution >= 4 is 10.8 Å². The van der Waals surface area contributed by atoms with Crippen molar-refractivity contribution in [2.75, 3.05) is 12.3 Å². The fourth-order valence-corrected chi connectivity index (χ4v) is 3.18. The maximum atomic E-state index is 11.9. The lowest BCUT2D eigenvalue weighted by Gasteiger charge is -2.11. The van der Waals surface area contributed by atoms with Crippen LogP contribution >= 0.6 is 0 Å². The van der Waals surface area contributed by atoms with Crippen molar-refractivity contribution in [3.8, 4) is 0 Å². The Morgan fingerprint density at radius 2 is 1.88 bits per heavy atom. The molecule has 1 unspecified atom stereocenters. The van der Waals surface area contributed by atoms with Crippen LogP contribution in [-0.4, -0.2) is 22.5 Å². The summed E-state index contributed by atoms with van der Waals surface area (Å²) < 4.78 is 11.9. The molecular formula is C13H19NOS. The molecule has 0 heterocycles. The standard InChI is InChI=1S/C13H19NOS/c15-16(13-8-2-1-3-9-13)11-10-14-12-6-4-5-7-12/h1-3,8-9,12,14H,4-7,10-11H2. The lowest BCUT2D eigenvalue weighted by Crippen LogP contribution is -2.29. The van der Waals surface area contributed by atoms with Crippen molar-refractivity contribution in [3.05, 3.63) is 30.3 Å². The van der Waals surface area contributed by atoms with Crippen LogP contribution in [0.4, 0.5) is 0 Å². The molecule has 1 atom stereocenters. The van der Waals surface area contributed by atoms with Crippen molar-refractivity contribution in [1.82, 2.24) is 5.32 Å². The Balaban J connectivity index is 1.71. The minimum absolute atomic E-state index is 0.674. The van der Waals surface area contributed by atoms with Gasteiger partial charge < -0.3 is 5.32 Å². The summed E-state index contributed by atoms with van der Waals surface area (Å²) in [4.78, 5) is 0.940. The van der Waals surface area contributed by atoms with Gasteiger partial charge in [-0.15, -0.1) is 0 Å². The van der Waals surface area contributed by atoms with Crippen LogP contribution in [0.1, 0.15) is 25.7 Å². The molecule has 1 aromatic carbocycles. The summed E-state index contributed by atoms with van der Waals surface area (Å²) in [7, 11) is -0.846. The van der Waals surface area contributed by atoms with E-state index in [9.17, 15) is 4.21 Å². The fourth-order valence-electron chi connectivity index (χ4n) is 2.18. The summed E-state index contributed by atoms with van der Waals surface area (Å²) in [6.07, 6.45) is 5.27. The summed E-state index contributed by atoms with van der Waals surface area (Å²) in [5.41, 5.74) is 0. The summed E-state index contributed by atoms with van der Waals surface area (Å²) in [5.74, 6) is 0.723. The van der Waals surface area contributed by atoms with Gasteiger partial charge in [-0.1, -0.05) is 31.0 Å². The molecule has 0 saturated heterocycles. The summed E-state index contributed by atoms with van der Waals surface area (Å²) >= 11 is 0. The van der Waals surface area contributed by atoms with E-state index in [1.54, 1.807) is 0 Å². The first-order valence-corrected chi connectivity index (χ1v) is 7.35. The van der Waals surface area contributed by atoms with E-state index in [-0.39, 0.29) is 0 Å². The molecule has 16 heavy (non-hydrogen) atoms. The smallest absolute Gasteiger partial charge is 0.0542 e. The zero-order valence-electron chi connectivity index (χ0n) is 9.52. The van der Waals surface area contributed by atoms with Crippen LogP contribution < -0.4 is 5.32 Å². The van der Waals surface area contributed by atoms with E-state index >= 15 is 0 Å². The zero-order chi connectivity index (χ0) is 11.2. The minimum atomic E-state index is -0.846. The largest absolute Gasteiger partial charge is 0.313 e. The molecule has 3 heteroatoms. The molecule has 2 nitrogen and oxygen atoms in total. The van der Waals surface area contributed by atoms with Gasteiger partial charge in [0.25, 0.3) is 0 Å². The second-order valence-electron chi connectivity index (χ2n) is 4.30. The zero-order valence-corrected chi connectivity index (χ0v) is 10.3. The Labute approximate surface area is 99.9 Å². The minimum Gasteiger partial charge on any atom is -0.313 e. The highest BCUT2D eigenvalue weighted by Gasteiger charge is 2.14. The summed E-state index contributed by atoms with van der Waals surface area (Å²) in [6, 6.07) is 10.4. The maximum absolute atomic E-state index is 11.9. The van der Waals surface area contributed by atoms with Crippen molar-refractivity contribution < 1.29 is 4.21 Å². The van der Waals surface area contributed by atoms with Crippen molar-refractivity contribution in [2.24, 2.45) is 0 Å². The Hall–Kier alpha value is -0.670. The number of hydrogen-bond donors (Lipinski definition) is 1. The molecule has 1 saturated carbocycles.